The van der Waals surface area contributed by atoms with Crippen molar-refractivity contribution in [1.82, 2.24) is 4.90 Å². The van der Waals surface area contributed by atoms with Gasteiger partial charge in [-0.1, -0.05) is 30.3 Å². The molecule has 3 fully saturated rings. The van der Waals surface area contributed by atoms with Gasteiger partial charge >= 0.3 is 0 Å². The number of hydrogen-bond donors (Lipinski definition) is 1. The molecule has 0 aromatic heterocycles. The molecule has 0 spiro atoms. The molecule has 0 unspecified atom stereocenters. The van der Waals surface area contributed by atoms with Crippen molar-refractivity contribution in [2.45, 2.75) is 56.7 Å². The number of benzene rings is 2. The lowest BCUT2D eigenvalue weighted by Crippen LogP contribution is -2.49. The highest BCUT2D eigenvalue weighted by Gasteiger charge is 2.57. The van der Waals surface area contributed by atoms with Crippen molar-refractivity contribution in [2.75, 3.05) is 31.7 Å². The Labute approximate surface area is 180 Å². The molecule has 4 nitrogen and oxygen atoms in total. The lowest BCUT2D eigenvalue weighted by Gasteiger charge is -2.42. The number of hydrogen-bond acceptors (Lipinski definition) is 4. The van der Waals surface area contributed by atoms with Gasteiger partial charge in [0.2, 0.25) is 0 Å². The van der Waals surface area contributed by atoms with Crippen molar-refractivity contribution in [2.24, 2.45) is 5.41 Å². The first kappa shape index (κ1) is 19.9. The molecule has 0 saturated carbocycles. The first-order chi connectivity index (χ1) is 14.7. The zero-order valence-electron chi connectivity index (χ0n) is 18.0. The molecule has 0 amide bonds. The molecule has 2 aromatic carbocycles. The number of aliphatic hydroxyl groups is 1. The highest BCUT2D eigenvalue weighted by molar-refractivity contribution is 5.49. The largest absolute Gasteiger partial charge is 0.497 e. The van der Waals surface area contributed by atoms with E-state index in [-0.39, 0.29) is 5.41 Å². The van der Waals surface area contributed by atoms with E-state index in [1.807, 2.05) is 0 Å². The number of fused-ring (bicyclic) bond motifs is 2. The average Bonchev–Trinajstić information content (AvgIpc) is 3.36. The molecule has 160 valence electrons. The molecule has 3 aliphatic heterocycles. The van der Waals surface area contributed by atoms with Gasteiger partial charge in [-0.25, -0.2) is 0 Å². The van der Waals surface area contributed by atoms with Crippen LogP contribution in [0.15, 0.2) is 54.6 Å². The summed E-state index contributed by atoms with van der Waals surface area (Å²) < 4.78 is 5.30. The van der Waals surface area contributed by atoms with Crippen LogP contribution in [-0.4, -0.2) is 54.9 Å². The normalized spacial score (nSPS) is 29.5. The summed E-state index contributed by atoms with van der Waals surface area (Å²) in [6.45, 7) is 2.53. The Bertz CT molecular complexity index is 832. The van der Waals surface area contributed by atoms with E-state index in [0.29, 0.717) is 24.7 Å². The number of anilines is 1. The molecule has 3 heterocycles. The van der Waals surface area contributed by atoms with Crippen LogP contribution in [0.1, 0.15) is 37.7 Å². The Morgan fingerprint density at radius 2 is 1.67 bits per heavy atom. The van der Waals surface area contributed by atoms with Gasteiger partial charge in [0.1, 0.15) is 5.75 Å². The predicted molar refractivity (Wildman–Crippen MR) is 121 cm³/mol. The predicted octanol–water partition coefficient (Wildman–Crippen LogP) is 4.12. The summed E-state index contributed by atoms with van der Waals surface area (Å²) in [5.74, 6) is 0.918. The van der Waals surface area contributed by atoms with E-state index >= 15 is 0 Å². The third kappa shape index (κ3) is 3.50. The average molecular weight is 407 g/mol. The van der Waals surface area contributed by atoms with Gasteiger partial charge in [0, 0.05) is 42.3 Å². The van der Waals surface area contributed by atoms with Crippen LogP contribution in [-0.2, 0) is 6.42 Å². The number of ether oxygens (including phenoxy) is 1. The minimum Gasteiger partial charge on any atom is -0.497 e. The van der Waals surface area contributed by atoms with Crippen LogP contribution in [0.2, 0.25) is 0 Å². The zero-order chi connectivity index (χ0) is 20.6. The van der Waals surface area contributed by atoms with Crippen LogP contribution < -0.4 is 9.64 Å². The first-order valence-corrected chi connectivity index (χ1v) is 11.5. The second-order valence-electron chi connectivity index (χ2n) is 9.50. The summed E-state index contributed by atoms with van der Waals surface area (Å²) in [5.41, 5.74) is 2.71. The SMILES string of the molecule is COc1ccc(N2CCC(N3[C@@H]4CC[C@H]3[C@](CO)(Cc3ccccc3)C4)CC2)cc1. The summed E-state index contributed by atoms with van der Waals surface area (Å²) >= 11 is 0. The van der Waals surface area contributed by atoms with Crippen molar-refractivity contribution in [1.29, 1.82) is 0 Å². The van der Waals surface area contributed by atoms with Crippen LogP contribution in [0, 0.1) is 5.41 Å². The Balaban J connectivity index is 1.26. The molecule has 5 rings (SSSR count). The summed E-state index contributed by atoms with van der Waals surface area (Å²) in [5, 5.41) is 10.5. The van der Waals surface area contributed by atoms with Crippen LogP contribution >= 0.6 is 0 Å². The zero-order valence-corrected chi connectivity index (χ0v) is 18.0. The number of nitrogens with zero attached hydrogens (tertiary/aromatic N) is 2. The van der Waals surface area contributed by atoms with E-state index in [1.165, 1.54) is 36.9 Å². The molecule has 30 heavy (non-hydrogen) atoms. The van der Waals surface area contributed by atoms with E-state index in [2.05, 4.69) is 64.4 Å². The topological polar surface area (TPSA) is 35.9 Å². The maximum atomic E-state index is 10.5. The van der Waals surface area contributed by atoms with Crippen LogP contribution in [0.5, 0.6) is 5.75 Å². The molecule has 4 heteroatoms. The quantitative estimate of drug-likeness (QED) is 0.783. The minimum atomic E-state index is 0.0391. The molecular formula is C26H34N2O2. The third-order valence-corrected chi connectivity index (χ3v) is 7.94. The number of methoxy groups -OCH3 is 1. The van der Waals surface area contributed by atoms with Crippen molar-refractivity contribution in [3.8, 4) is 5.75 Å². The summed E-state index contributed by atoms with van der Waals surface area (Å²) in [6.07, 6.45) is 7.14. The van der Waals surface area contributed by atoms with E-state index < -0.39 is 0 Å². The highest BCUT2D eigenvalue weighted by Crippen LogP contribution is 2.53. The fourth-order valence-corrected chi connectivity index (χ4v) is 6.52. The van der Waals surface area contributed by atoms with Gasteiger partial charge in [0.05, 0.1) is 13.7 Å². The van der Waals surface area contributed by atoms with Crippen molar-refractivity contribution in [3.05, 3.63) is 60.2 Å². The molecule has 2 aromatic rings. The lowest BCUT2D eigenvalue weighted by atomic mass is 9.70. The monoisotopic (exact) mass is 406 g/mol. The van der Waals surface area contributed by atoms with Gasteiger partial charge in [-0.3, -0.25) is 4.90 Å². The molecule has 3 atom stereocenters. The number of piperidine rings is 1. The number of rotatable bonds is 6. The van der Waals surface area contributed by atoms with Gasteiger partial charge in [0.15, 0.2) is 0 Å². The lowest BCUT2D eigenvalue weighted by molar-refractivity contribution is 0.0596. The van der Waals surface area contributed by atoms with Gasteiger partial charge < -0.3 is 14.7 Å². The van der Waals surface area contributed by atoms with E-state index in [1.54, 1.807) is 7.11 Å². The summed E-state index contributed by atoms with van der Waals surface area (Å²) in [7, 11) is 1.72. The Hall–Kier alpha value is -2.04. The number of aliphatic hydroxyl groups excluding tert-OH is 1. The van der Waals surface area contributed by atoms with E-state index in [4.69, 9.17) is 4.74 Å². The molecule has 0 radical (unpaired) electrons. The molecule has 1 N–H and O–H groups in total. The molecule has 2 bridgehead atoms. The van der Waals surface area contributed by atoms with Crippen LogP contribution in [0.25, 0.3) is 0 Å². The van der Waals surface area contributed by atoms with E-state index in [0.717, 1.165) is 31.7 Å². The molecule has 3 aliphatic rings. The van der Waals surface area contributed by atoms with Crippen molar-refractivity contribution >= 4 is 5.69 Å². The van der Waals surface area contributed by atoms with Crippen molar-refractivity contribution in [3.63, 3.8) is 0 Å². The standard InChI is InChI=1S/C26H34N2O2/c1-30-24-10-7-21(8-11-24)27-15-13-22(14-16-27)28-23-9-12-25(28)26(18-23,19-29)17-20-5-3-2-4-6-20/h2-8,10-11,22-23,25,29H,9,12-19H2,1H3/t23-,25+,26-/m1/s1. The van der Waals surface area contributed by atoms with E-state index in [9.17, 15) is 5.11 Å². The molecule has 3 saturated heterocycles. The van der Waals surface area contributed by atoms with Crippen molar-refractivity contribution < 1.29 is 9.84 Å². The Kier molecular flexibility index (Phi) is 5.46. The van der Waals surface area contributed by atoms with Gasteiger partial charge in [0.25, 0.3) is 0 Å². The summed E-state index contributed by atoms with van der Waals surface area (Å²) in [4.78, 5) is 5.35. The fraction of sp³-hybridized carbons (Fsp3) is 0.538. The fourth-order valence-electron chi connectivity index (χ4n) is 6.52. The highest BCUT2D eigenvalue weighted by atomic mass is 16.5. The van der Waals surface area contributed by atoms with Gasteiger partial charge in [-0.15, -0.1) is 0 Å². The Morgan fingerprint density at radius 1 is 0.933 bits per heavy atom. The molecular weight excluding hydrogens is 372 g/mol. The minimum absolute atomic E-state index is 0.0391. The summed E-state index contributed by atoms with van der Waals surface area (Å²) in [6, 6.07) is 21.1. The van der Waals surface area contributed by atoms with Crippen LogP contribution in [0.4, 0.5) is 5.69 Å². The second-order valence-corrected chi connectivity index (χ2v) is 9.50. The third-order valence-electron chi connectivity index (χ3n) is 7.94. The van der Waals surface area contributed by atoms with Gasteiger partial charge in [-0.05, 0) is 68.4 Å². The second kappa shape index (κ2) is 8.24. The Morgan fingerprint density at radius 3 is 2.33 bits per heavy atom. The van der Waals surface area contributed by atoms with Crippen LogP contribution in [0.3, 0.4) is 0 Å². The smallest absolute Gasteiger partial charge is 0.119 e. The maximum absolute atomic E-state index is 10.5. The first-order valence-electron chi connectivity index (χ1n) is 11.5. The maximum Gasteiger partial charge on any atom is 0.119 e. The molecule has 0 aliphatic carbocycles. The van der Waals surface area contributed by atoms with Gasteiger partial charge in [-0.2, -0.15) is 0 Å².